The molecule has 1 aliphatic carbocycles. The van der Waals surface area contributed by atoms with Crippen LogP contribution in [0.4, 0.5) is 0 Å². The first-order valence-corrected chi connectivity index (χ1v) is 13.0. The minimum absolute atomic E-state index is 0.0151. The Kier molecular flexibility index (Phi) is 7.16. The number of rotatable bonds is 4. The Morgan fingerprint density at radius 1 is 1.16 bits per heavy atom. The van der Waals surface area contributed by atoms with Crippen molar-refractivity contribution in [2.24, 2.45) is 11.7 Å². The first-order valence-electron chi connectivity index (χ1n) is 12.6. The Morgan fingerprint density at radius 3 is 2.70 bits per heavy atom. The molecule has 2 heterocycles. The number of phenolic OH excluding ortho intramolecular Hbond substituents is 2. The molecule has 2 aromatic carbocycles. The summed E-state index contributed by atoms with van der Waals surface area (Å²) >= 11 is 6.36. The van der Waals surface area contributed by atoms with E-state index in [9.17, 15) is 19.8 Å². The van der Waals surface area contributed by atoms with Gasteiger partial charge in [-0.3, -0.25) is 9.59 Å². The molecular formula is C28H31ClN2O6. The van der Waals surface area contributed by atoms with Gasteiger partial charge in [0.25, 0.3) is 0 Å². The molecule has 4 atom stereocenters. The topological polar surface area (TPSA) is 126 Å². The molecule has 2 aliphatic rings. The maximum absolute atomic E-state index is 13.1. The van der Waals surface area contributed by atoms with E-state index in [0.717, 1.165) is 25.3 Å². The number of phenols is 2. The molecule has 0 unspecified atom stereocenters. The van der Waals surface area contributed by atoms with Crippen LogP contribution in [-0.4, -0.2) is 53.4 Å². The number of aromatic hydroxyl groups is 2. The Labute approximate surface area is 219 Å². The second-order valence-corrected chi connectivity index (χ2v) is 10.7. The quantitative estimate of drug-likeness (QED) is 0.428. The van der Waals surface area contributed by atoms with Gasteiger partial charge in [0.05, 0.1) is 10.9 Å². The van der Waals surface area contributed by atoms with Crippen molar-refractivity contribution in [2.75, 3.05) is 20.1 Å². The van der Waals surface area contributed by atoms with E-state index in [-0.39, 0.29) is 46.2 Å². The fourth-order valence-electron chi connectivity index (χ4n) is 5.68. The van der Waals surface area contributed by atoms with E-state index < -0.39 is 17.5 Å². The lowest BCUT2D eigenvalue weighted by Crippen LogP contribution is -2.44. The van der Waals surface area contributed by atoms with Crippen LogP contribution < -0.4 is 11.2 Å². The Balaban J connectivity index is 1.60. The lowest BCUT2D eigenvalue weighted by atomic mass is 9.84. The van der Waals surface area contributed by atoms with E-state index in [2.05, 4.69) is 4.90 Å². The van der Waals surface area contributed by atoms with Crippen molar-refractivity contribution >= 4 is 28.5 Å². The first-order chi connectivity index (χ1) is 17.7. The molecule has 0 bridgehead atoms. The van der Waals surface area contributed by atoms with Gasteiger partial charge >= 0.3 is 5.97 Å². The summed E-state index contributed by atoms with van der Waals surface area (Å²) in [5.41, 5.74) is 6.54. The van der Waals surface area contributed by atoms with Crippen molar-refractivity contribution in [3.63, 3.8) is 0 Å². The van der Waals surface area contributed by atoms with Gasteiger partial charge in [0.15, 0.2) is 5.43 Å². The largest absolute Gasteiger partial charge is 0.507 e. The smallest absolute Gasteiger partial charge is 0.309 e. The maximum atomic E-state index is 13.1. The van der Waals surface area contributed by atoms with E-state index in [4.69, 9.17) is 26.5 Å². The minimum Gasteiger partial charge on any atom is -0.507 e. The van der Waals surface area contributed by atoms with E-state index in [1.165, 1.54) is 6.07 Å². The number of hydrogen-bond donors (Lipinski definition) is 3. The summed E-state index contributed by atoms with van der Waals surface area (Å²) in [7, 11) is 1.94. The van der Waals surface area contributed by atoms with Crippen LogP contribution in [0.15, 0.2) is 45.6 Å². The number of benzene rings is 2. The highest BCUT2D eigenvalue weighted by molar-refractivity contribution is 6.33. The van der Waals surface area contributed by atoms with Crippen LogP contribution in [0.5, 0.6) is 11.5 Å². The van der Waals surface area contributed by atoms with Crippen LogP contribution in [0.1, 0.15) is 43.6 Å². The number of hydrogen-bond acceptors (Lipinski definition) is 8. The van der Waals surface area contributed by atoms with Gasteiger partial charge in [-0.15, -0.1) is 0 Å². The van der Waals surface area contributed by atoms with Gasteiger partial charge < -0.3 is 30.0 Å². The molecule has 4 N–H and O–H groups in total. The summed E-state index contributed by atoms with van der Waals surface area (Å²) in [6.45, 7) is 1.13. The first kappa shape index (κ1) is 25.6. The van der Waals surface area contributed by atoms with Crippen LogP contribution in [0.25, 0.3) is 22.3 Å². The number of likely N-dealkylation sites (tertiary alicyclic amines) is 1. The Morgan fingerprint density at radius 2 is 1.95 bits per heavy atom. The molecule has 1 aliphatic heterocycles. The molecule has 9 heteroatoms. The molecule has 0 radical (unpaired) electrons. The Hall–Kier alpha value is -3.07. The zero-order valence-corrected chi connectivity index (χ0v) is 21.4. The fourth-order valence-corrected chi connectivity index (χ4v) is 5.91. The van der Waals surface area contributed by atoms with E-state index in [1.807, 2.05) is 7.05 Å². The summed E-state index contributed by atoms with van der Waals surface area (Å²) in [6, 6.07) is 9.37. The second-order valence-electron chi connectivity index (χ2n) is 10.2. The van der Waals surface area contributed by atoms with E-state index in [0.29, 0.717) is 42.1 Å². The van der Waals surface area contributed by atoms with Crippen molar-refractivity contribution in [1.82, 2.24) is 4.90 Å². The normalized spacial score (nSPS) is 24.7. The molecule has 0 amide bonds. The molecule has 1 saturated carbocycles. The number of piperidine rings is 1. The van der Waals surface area contributed by atoms with Crippen molar-refractivity contribution in [2.45, 2.75) is 50.2 Å². The molecule has 2 fully saturated rings. The predicted molar refractivity (Wildman–Crippen MR) is 141 cm³/mol. The van der Waals surface area contributed by atoms with Gasteiger partial charge in [0.2, 0.25) is 0 Å². The number of nitrogens with zero attached hydrogens (tertiary/aromatic N) is 1. The maximum Gasteiger partial charge on any atom is 0.309 e. The van der Waals surface area contributed by atoms with Gasteiger partial charge in [-0.2, -0.15) is 0 Å². The summed E-state index contributed by atoms with van der Waals surface area (Å²) in [5.74, 6) is -1.39. The minimum atomic E-state index is -0.586. The van der Waals surface area contributed by atoms with Gasteiger partial charge in [-0.25, -0.2) is 0 Å². The van der Waals surface area contributed by atoms with Crippen LogP contribution >= 0.6 is 11.6 Å². The number of carbonyl (C=O) groups excluding carboxylic acids is 1. The van der Waals surface area contributed by atoms with Gasteiger partial charge in [0, 0.05) is 41.8 Å². The molecular weight excluding hydrogens is 496 g/mol. The molecule has 1 aromatic heterocycles. The molecule has 0 spiro atoms. The molecule has 196 valence electrons. The average molecular weight is 527 g/mol. The third-order valence-electron chi connectivity index (χ3n) is 7.59. The molecule has 3 aromatic rings. The van der Waals surface area contributed by atoms with Crippen molar-refractivity contribution in [3.8, 4) is 22.8 Å². The Bertz CT molecular complexity index is 1390. The number of esters is 1. The lowest BCUT2D eigenvalue weighted by Gasteiger charge is -2.38. The standard InChI is InChI=1S/C28H31ClN2O6/c1-31-10-9-18(24(14-31)37-28(35)15-5-4-6-16(30)11-15)25-20(32)12-21(33)26-22(34)13-23(36-27(25)26)17-7-2-3-8-19(17)29/h2-3,7-8,12-13,15-16,18,24,32-33H,4-6,9-11,14,30H2,1H3/t15-,16-,18-,24+/m0/s1. The second kappa shape index (κ2) is 10.4. The van der Waals surface area contributed by atoms with Crippen LogP contribution in [0.3, 0.4) is 0 Å². The van der Waals surface area contributed by atoms with Crippen molar-refractivity contribution in [1.29, 1.82) is 0 Å². The fraction of sp³-hybridized carbons (Fsp3) is 0.429. The average Bonchev–Trinajstić information content (AvgIpc) is 2.85. The van der Waals surface area contributed by atoms with Gasteiger partial charge in [0.1, 0.15) is 34.3 Å². The predicted octanol–water partition coefficient (Wildman–Crippen LogP) is 4.37. The number of ether oxygens (including phenoxy) is 1. The number of carbonyl (C=O) groups is 1. The van der Waals surface area contributed by atoms with E-state index >= 15 is 0 Å². The third-order valence-corrected chi connectivity index (χ3v) is 7.92. The zero-order chi connectivity index (χ0) is 26.3. The monoisotopic (exact) mass is 526 g/mol. The van der Waals surface area contributed by atoms with Gasteiger partial charge in [-0.1, -0.05) is 30.2 Å². The highest BCUT2D eigenvalue weighted by Crippen LogP contribution is 2.44. The highest BCUT2D eigenvalue weighted by atomic mass is 35.5. The SMILES string of the molecule is CN1CC[C@H](c2c(O)cc(O)c3c(=O)cc(-c4ccccc4Cl)oc23)[C@H](OC(=O)[C@H]2CCC[C@H](N)C2)C1. The van der Waals surface area contributed by atoms with Crippen LogP contribution in [0, 0.1) is 5.92 Å². The van der Waals surface area contributed by atoms with Crippen molar-refractivity contribution < 1.29 is 24.2 Å². The summed E-state index contributed by atoms with van der Waals surface area (Å²) in [5, 5.41) is 22.0. The lowest BCUT2D eigenvalue weighted by molar-refractivity contribution is -0.159. The molecule has 5 rings (SSSR count). The molecule has 1 saturated heterocycles. The summed E-state index contributed by atoms with van der Waals surface area (Å²) in [4.78, 5) is 28.4. The number of fused-ring (bicyclic) bond motifs is 1. The number of halogens is 1. The van der Waals surface area contributed by atoms with Crippen molar-refractivity contribution in [3.05, 3.63) is 57.2 Å². The van der Waals surface area contributed by atoms with Gasteiger partial charge in [-0.05, 0) is 51.4 Å². The number of likely N-dealkylation sites (N-methyl/N-ethyl adjacent to an activating group) is 1. The third kappa shape index (κ3) is 5.06. The molecule has 37 heavy (non-hydrogen) atoms. The van der Waals surface area contributed by atoms with Crippen LogP contribution in [-0.2, 0) is 9.53 Å². The summed E-state index contributed by atoms with van der Waals surface area (Å²) < 4.78 is 12.3. The van der Waals surface area contributed by atoms with E-state index in [1.54, 1.807) is 24.3 Å². The number of nitrogens with two attached hydrogens (primary N) is 1. The van der Waals surface area contributed by atoms with Crippen LogP contribution in [0.2, 0.25) is 5.02 Å². The zero-order valence-electron chi connectivity index (χ0n) is 20.7. The summed E-state index contributed by atoms with van der Waals surface area (Å²) in [6.07, 6.45) is 3.08. The highest BCUT2D eigenvalue weighted by Gasteiger charge is 2.38. The molecule has 8 nitrogen and oxygen atoms in total.